The Balaban J connectivity index is 2.10. The highest BCUT2D eigenvalue weighted by Gasteiger charge is 2.38. The maximum atomic E-state index is 14.0. The summed E-state index contributed by atoms with van der Waals surface area (Å²) < 4.78 is 15.4. The van der Waals surface area contributed by atoms with E-state index in [-0.39, 0.29) is 5.91 Å². The lowest BCUT2D eigenvalue weighted by atomic mass is 9.85. The minimum Gasteiger partial charge on any atom is -0.339 e. The molecule has 1 aliphatic heterocycles. The SMILES string of the molecule is [B]c1ccc(F)c([C@]2(C)Cn3nncc3C(=O)N2)c1. The van der Waals surface area contributed by atoms with Gasteiger partial charge in [-0.15, -0.1) is 5.10 Å². The summed E-state index contributed by atoms with van der Waals surface area (Å²) in [4.78, 5) is 12.0. The van der Waals surface area contributed by atoms with Gasteiger partial charge in [-0.2, -0.15) is 0 Å². The smallest absolute Gasteiger partial charge is 0.271 e. The molecule has 1 N–H and O–H groups in total. The van der Waals surface area contributed by atoms with Gasteiger partial charge in [-0.1, -0.05) is 22.8 Å². The van der Waals surface area contributed by atoms with Gasteiger partial charge >= 0.3 is 0 Å². The number of nitrogens with zero attached hydrogens (tertiary/aromatic N) is 3. The molecule has 1 aromatic heterocycles. The van der Waals surface area contributed by atoms with E-state index in [4.69, 9.17) is 7.85 Å². The number of amides is 1. The summed E-state index contributed by atoms with van der Waals surface area (Å²) in [5.74, 6) is -0.749. The third-order valence-electron chi connectivity index (χ3n) is 3.29. The van der Waals surface area contributed by atoms with Gasteiger partial charge in [0.05, 0.1) is 18.3 Å². The maximum Gasteiger partial charge on any atom is 0.271 e. The first kappa shape index (κ1) is 11.9. The second-order valence-electron chi connectivity index (χ2n) is 4.80. The molecule has 7 heteroatoms. The average molecular weight is 256 g/mol. The molecule has 0 unspecified atom stereocenters. The Morgan fingerprint density at radius 3 is 3.11 bits per heavy atom. The number of benzene rings is 1. The zero-order valence-electron chi connectivity index (χ0n) is 10.2. The Morgan fingerprint density at radius 1 is 1.53 bits per heavy atom. The summed E-state index contributed by atoms with van der Waals surface area (Å²) in [7, 11) is 5.69. The average Bonchev–Trinajstić information content (AvgIpc) is 2.80. The van der Waals surface area contributed by atoms with Crippen LogP contribution in [0.5, 0.6) is 0 Å². The first-order valence-corrected chi connectivity index (χ1v) is 5.76. The summed E-state index contributed by atoms with van der Waals surface area (Å²) in [5.41, 5.74) is 0.233. The minimum atomic E-state index is -0.906. The van der Waals surface area contributed by atoms with Crippen LogP contribution >= 0.6 is 0 Å². The molecule has 2 aromatic rings. The molecule has 0 fully saturated rings. The molecule has 2 heterocycles. The molecule has 1 atom stereocenters. The number of carbonyl (C=O) groups is 1. The number of carbonyl (C=O) groups excluding carboxylic acids is 1. The fourth-order valence-electron chi connectivity index (χ4n) is 2.32. The van der Waals surface area contributed by atoms with Crippen molar-refractivity contribution in [2.45, 2.75) is 19.0 Å². The van der Waals surface area contributed by atoms with Gasteiger partial charge in [0.15, 0.2) is 0 Å². The van der Waals surface area contributed by atoms with E-state index < -0.39 is 11.4 Å². The quantitative estimate of drug-likeness (QED) is 0.723. The number of nitrogens with one attached hydrogen (secondary N) is 1. The van der Waals surface area contributed by atoms with Crippen LogP contribution in [0.3, 0.4) is 0 Å². The highest BCUT2D eigenvalue weighted by molar-refractivity contribution is 6.32. The molecule has 5 nitrogen and oxygen atoms in total. The predicted molar refractivity (Wildman–Crippen MR) is 66.6 cm³/mol. The van der Waals surface area contributed by atoms with Gasteiger partial charge in [-0.3, -0.25) is 4.79 Å². The van der Waals surface area contributed by atoms with Crippen molar-refractivity contribution in [2.24, 2.45) is 0 Å². The highest BCUT2D eigenvalue weighted by atomic mass is 19.1. The summed E-state index contributed by atoms with van der Waals surface area (Å²) in [6.07, 6.45) is 1.38. The summed E-state index contributed by atoms with van der Waals surface area (Å²) >= 11 is 0. The Labute approximate surface area is 110 Å². The molecule has 1 aromatic carbocycles. The Hall–Kier alpha value is -2.18. The standard InChI is InChI=1S/C12H10BFN4O/c1-12(8-4-7(13)2-3-9(8)14)6-18-10(5-15-17-18)11(19)16-12/h2-5H,6H2,1H3,(H,16,19)/t12-/m0/s1. The van der Waals surface area contributed by atoms with Gasteiger partial charge in [0, 0.05) is 5.56 Å². The van der Waals surface area contributed by atoms with Crippen molar-refractivity contribution >= 4 is 19.2 Å². The molecule has 94 valence electrons. The molecule has 0 saturated carbocycles. The van der Waals surface area contributed by atoms with Crippen LogP contribution in [-0.2, 0) is 12.1 Å². The van der Waals surface area contributed by atoms with Crippen molar-refractivity contribution in [1.29, 1.82) is 0 Å². The van der Waals surface area contributed by atoms with Crippen LogP contribution in [0.15, 0.2) is 24.4 Å². The minimum absolute atomic E-state index is 0.300. The zero-order chi connectivity index (χ0) is 13.6. The van der Waals surface area contributed by atoms with Gasteiger partial charge < -0.3 is 5.32 Å². The maximum absolute atomic E-state index is 14.0. The Bertz CT molecular complexity index is 671. The molecule has 0 saturated heterocycles. The highest BCUT2D eigenvalue weighted by Crippen LogP contribution is 2.28. The van der Waals surface area contributed by atoms with Gasteiger partial charge in [-0.25, -0.2) is 9.07 Å². The molecule has 0 aliphatic carbocycles. The lowest BCUT2D eigenvalue weighted by Gasteiger charge is -2.35. The van der Waals surface area contributed by atoms with E-state index in [0.29, 0.717) is 23.3 Å². The summed E-state index contributed by atoms with van der Waals surface area (Å²) in [6.45, 7) is 2.03. The first-order valence-electron chi connectivity index (χ1n) is 5.76. The molecule has 3 rings (SSSR count). The predicted octanol–water partition coefficient (Wildman–Crippen LogP) is -0.130. The summed E-state index contributed by atoms with van der Waals surface area (Å²) in [5, 5.41) is 10.3. The number of aromatic nitrogens is 3. The molecule has 1 amide bonds. The van der Waals surface area contributed by atoms with E-state index in [1.165, 1.54) is 29.1 Å². The normalized spacial score (nSPS) is 21.9. The monoisotopic (exact) mass is 256 g/mol. The van der Waals surface area contributed by atoms with Crippen LogP contribution in [0.4, 0.5) is 4.39 Å². The first-order chi connectivity index (χ1) is 8.99. The van der Waals surface area contributed by atoms with Crippen LogP contribution < -0.4 is 10.8 Å². The van der Waals surface area contributed by atoms with E-state index in [1.807, 2.05) is 0 Å². The lowest BCUT2D eigenvalue weighted by molar-refractivity contribution is 0.0836. The molecule has 19 heavy (non-hydrogen) atoms. The second-order valence-corrected chi connectivity index (χ2v) is 4.80. The van der Waals surface area contributed by atoms with Gasteiger partial charge in [0.1, 0.15) is 19.4 Å². The van der Waals surface area contributed by atoms with Crippen LogP contribution in [0.1, 0.15) is 23.0 Å². The van der Waals surface area contributed by atoms with Crippen molar-refractivity contribution in [2.75, 3.05) is 0 Å². The van der Waals surface area contributed by atoms with Crippen LogP contribution in [0.25, 0.3) is 0 Å². The van der Waals surface area contributed by atoms with Crippen molar-refractivity contribution in [3.05, 3.63) is 41.5 Å². The number of hydrogen-bond acceptors (Lipinski definition) is 3. The fourth-order valence-corrected chi connectivity index (χ4v) is 2.32. The number of hydrogen-bond donors (Lipinski definition) is 1. The van der Waals surface area contributed by atoms with E-state index in [9.17, 15) is 9.18 Å². The largest absolute Gasteiger partial charge is 0.339 e. The van der Waals surface area contributed by atoms with Crippen LogP contribution in [-0.4, -0.2) is 28.7 Å². The van der Waals surface area contributed by atoms with Gasteiger partial charge in [0.2, 0.25) is 0 Å². The zero-order valence-corrected chi connectivity index (χ0v) is 10.2. The van der Waals surface area contributed by atoms with Gasteiger partial charge in [-0.05, 0) is 13.0 Å². The number of rotatable bonds is 1. The summed E-state index contributed by atoms with van der Waals surface area (Å²) in [6, 6.07) is 4.30. The van der Waals surface area contributed by atoms with Crippen LogP contribution in [0, 0.1) is 5.82 Å². The third-order valence-corrected chi connectivity index (χ3v) is 3.29. The second kappa shape index (κ2) is 3.91. The van der Waals surface area contributed by atoms with Crippen molar-refractivity contribution in [3.63, 3.8) is 0 Å². The van der Waals surface area contributed by atoms with E-state index in [1.54, 1.807) is 6.92 Å². The molecular formula is C12H10BFN4O. The van der Waals surface area contributed by atoms with Gasteiger partial charge in [0.25, 0.3) is 5.91 Å². The van der Waals surface area contributed by atoms with Crippen molar-refractivity contribution < 1.29 is 9.18 Å². The topological polar surface area (TPSA) is 59.8 Å². The molecule has 1 aliphatic rings. The van der Waals surface area contributed by atoms with Crippen molar-refractivity contribution in [1.82, 2.24) is 20.3 Å². The lowest BCUT2D eigenvalue weighted by Crippen LogP contribution is -2.52. The molecule has 0 bridgehead atoms. The van der Waals surface area contributed by atoms with E-state index >= 15 is 0 Å². The molecule has 2 radical (unpaired) electrons. The van der Waals surface area contributed by atoms with Crippen LogP contribution in [0.2, 0.25) is 0 Å². The van der Waals surface area contributed by atoms with E-state index in [0.717, 1.165) is 0 Å². The molecular weight excluding hydrogens is 246 g/mol. The Morgan fingerprint density at radius 2 is 2.32 bits per heavy atom. The number of fused-ring (bicyclic) bond motifs is 1. The fraction of sp³-hybridized carbons (Fsp3) is 0.250. The van der Waals surface area contributed by atoms with E-state index in [2.05, 4.69) is 15.6 Å². The third kappa shape index (κ3) is 1.81. The Kier molecular flexibility index (Phi) is 2.45. The number of halogens is 1. The van der Waals surface area contributed by atoms with Crippen molar-refractivity contribution in [3.8, 4) is 0 Å². The molecule has 0 spiro atoms.